The van der Waals surface area contributed by atoms with Gasteiger partial charge in [0.05, 0.1) is 0 Å². The molecule has 0 saturated heterocycles. The van der Waals surface area contributed by atoms with Crippen molar-refractivity contribution in [3.05, 3.63) is 200 Å². The van der Waals surface area contributed by atoms with Crippen molar-refractivity contribution in [2.24, 2.45) is 0 Å². The third-order valence-electron chi connectivity index (χ3n) is 8.89. The second-order valence-corrected chi connectivity index (χ2v) is 12.1. The molecule has 8 aromatic rings. The van der Waals surface area contributed by atoms with E-state index in [4.69, 9.17) is 0 Å². The van der Waals surface area contributed by atoms with Gasteiger partial charge in [0.15, 0.2) is 0 Å². The first kappa shape index (κ1) is 32.8. The van der Waals surface area contributed by atoms with E-state index in [-0.39, 0.29) is 25.9 Å². The van der Waals surface area contributed by atoms with E-state index >= 15 is 4.39 Å². The largest absolute Gasteiger partial charge is 0.305 e. The van der Waals surface area contributed by atoms with Crippen LogP contribution in [0, 0.1) is 11.9 Å². The van der Waals surface area contributed by atoms with Crippen molar-refractivity contribution in [3.63, 3.8) is 0 Å². The molecule has 0 N–H and O–H groups in total. The molecule has 0 atom stereocenters. The molecule has 0 spiro atoms. The molecule has 1 radical (unpaired) electrons. The van der Waals surface area contributed by atoms with Crippen LogP contribution in [0.15, 0.2) is 188 Å². The minimum atomic E-state index is -0.263. The van der Waals surface area contributed by atoms with Crippen molar-refractivity contribution in [2.75, 3.05) is 0 Å². The van der Waals surface area contributed by atoms with E-state index in [0.29, 0.717) is 0 Å². The van der Waals surface area contributed by atoms with Crippen molar-refractivity contribution in [1.29, 1.82) is 0 Å². The molecule has 1 heterocycles. The molecule has 1 aromatic heterocycles. The Morgan fingerprint density at radius 2 is 0.780 bits per heavy atom. The quantitative estimate of drug-likeness (QED) is 0.146. The predicted molar refractivity (Wildman–Crippen MR) is 201 cm³/mol. The fourth-order valence-electron chi connectivity index (χ4n) is 6.36. The molecule has 241 valence electrons. The first-order valence-electron chi connectivity index (χ1n) is 16.4. The van der Waals surface area contributed by atoms with Crippen LogP contribution in [0.5, 0.6) is 0 Å². The number of nitrogens with zero attached hydrogens (tertiary/aromatic N) is 1. The monoisotopic (exact) mass is 821 g/mol. The molecule has 0 saturated carbocycles. The zero-order valence-corrected chi connectivity index (χ0v) is 29.5. The van der Waals surface area contributed by atoms with Crippen molar-refractivity contribution < 1.29 is 24.5 Å². The van der Waals surface area contributed by atoms with Crippen molar-refractivity contribution in [3.8, 4) is 78.0 Å². The van der Waals surface area contributed by atoms with Gasteiger partial charge in [0.2, 0.25) is 0 Å². The van der Waals surface area contributed by atoms with Crippen LogP contribution in [-0.4, -0.2) is 4.98 Å². The van der Waals surface area contributed by atoms with E-state index in [2.05, 4.69) is 132 Å². The molecule has 0 amide bonds. The van der Waals surface area contributed by atoms with Gasteiger partial charge in [-0.1, -0.05) is 121 Å². The predicted octanol–water partition coefficient (Wildman–Crippen LogP) is 12.7. The Bertz CT molecular complexity index is 2390. The van der Waals surface area contributed by atoms with Crippen LogP contribution in [0.4, 0.5) is 4.39 Å². The number of halogens is 1. The number of pyridine rings is 1. The zero-order valence-electron chi connectivity index (χ0n) is 27.1. The van der Waals surface area contributed by atoms with Gasteiger partial charge in [-0.15, -0.1) is 35.4 Å². The third-order valence-corrected chi connectivity index (χ3v) is 8.89. The van der Waals surface area contributed by atoms with E-state index in [9.17, 15) is 0 Å². The summed E-state index contributed by atoms with van der Waals surface area (Å²) in [4.78, 5) is 4.46. The van der Waals surface area contributed by atoms with Crippen molar-refractivity contribution >= 4 is 0 Å². The smallest absolute Gasteiger partial charge is 0.124 e. The Labute approximate surface area is 306 Å². The van der Waals surface area contributed by atoms with Crippen molar-refractivity contribution in [1.82, 2.24) is 4.98 Å². The van der Waals surface area contributed by atoms with Crippen LogP contribution in [0.25, 0.3) is 78.0 Å². The van der Waals surface area contributed by atoms with Crippen LogP contribution < -0.4 is 0 Å². The van der Waals surface area contributed by atoms with E-state index in [1.54, 1.807) is 18.3 Å². The van der Waals surface area contributed by atoms with Crippen LogP contribution in [0.3, 0.4) is 0 Å². The summed E-state index contributed by atoms with van der Waals surface area (Å²) in [6, 6.07) is 64.9. The van der Waals surface area contributed by atoms with Gasteiger partial charge in [0, 0.05) is 26.3 Å². The van der Waals surface area contributed by atoms with Gasteiger partial charge in [-0.05, 0) is 109 Å². The van der Waals surface area contributed by atoms with Crippen LogP contribution in [0.2, 0.25) is 0 Å². The van der Waals surface area contributed by atoms with E-state index in [1.165, 1.54) is 16.7 Å². The second-order valence-electron chi connectivity index (χ2n) is 12.1. The van der Waals surface area contributed by atoms with Gasteiger partial charge in [-0.2, -0.15) is 0 Å². The number of benzene rings is 7. The summed E-state index contributed by atoms with van der Waals surface area (Å²) >= 11 is 0. The van der Waals surface area contributed by atoms with Crippen LogP contribution in [0.1, 0.15) is 0 Å². The molecule has 0 aliphatic heterocycles. The Hall–Kier alpha value is -5.73. The van der Waals surface area contributed by atoms with Gasteiger partial charge in [0.25, 0.3) is 0 Å². The maximum Gasteiger partial charge on any atom is 0.124 e. The average molecular weight is 821 g/mol. The van der Waals surface area contributed by atoms with E-state index in [0.717, 1.165) is 61.3 Å². The molecule has 0 fully saturated rings. The molecule has 0 bridgehead atoms. The van der Waals surface area contributed by atoms with Gasteiger partial charge in [-0.25, -0.2) is 4.39 Å². The van der Waals surface area contributed by atoms with E-state index in [1.807, 2.05) is 48.5 Å². The summed E-state index contributed by atoms with van der Waals surface area (Å²) in [7, 11) is 0. The van der Waals surface area contributed by atoms with Gasteiger partial charge in [-0.3, -0.25) is 0 Å². The Kier molecular flexibility index (Phi) is 9.71. The maximum atomic E-state index is 15.2. The second kappa shape index (κ2) is 14.8. The molecule has 7 aromatic carbocycles. The zero-order chi connectivity index (χ0) is 33.0. The first-order chi connectivity index (χ1) is 24.2. The summed E-state index contributed by atoms with van der Waals surface area (Å²) in [6.45, 7) is 0. The fourth-order valence-corrected chi connectivity index (χ4v) is 6.36. The third kappa shape index (κ3) is 7.16. The normalized spacial score (nSPS) is 10.7. The topological polar surface area (TPSA) is 12.9 Å². The fraction of sp³-hybridized carbons (Fsp3) is 0. The molecule has 50 heavy (non-hydrogen) atoms. The van der Waals surface area contributed by atoms with E-state index < -0.39 is 0 Å². The minimum absolute atomic E-state index is 0. The molecule has 0 unspecified atom stereocenters. The maximum absolute atomic E-state index is 15.2. The summed E-state index contributed by atoms with van der Waals surface area (Å²) < 4.78 is 15.2. The molecular weight excluding hydrogens is 790 g/mol. The average Bonchev–Trinajstić information content (AvgIpc) is 3.19. The van der Waals surface area contributed by atoms with Gasteiger partial charge >= 0.3 is 0 Å². The Morgan fingerprint density at radius 1 is 0.360 bits per heavy atom. The number of rotatable bonds is 7. The standard InChI is InChI=1S/C47H31FN.Ir/c48-46-31-44(35-23-21-34(22-24-35)37-13-9-19-43(29-37)47-20-4-5-25-49-47)30-45(32-46)42-18-8-17-41(28-42)40-16-7-15-39(27-40)38-14-6-12-36(26-38)33-10-2-1-3-11-33;/h1-18,20-32H;/q-1;. The molecule has 0 aliphatic rings. The Balaban J connectivity index is 0.00000392. The molecule has 1 nitrogen and oxygen atoms in total. The molecule has 8 rings (SSSR count). The van der Waals surface area contributed by atoms with Gasteiger partial charge < -0.3 is 4.98 Å². The summed E-state index contributed by atoms with van der Waals surface area (Å²) in [6.07, 6.45) is 1.79. The minimum Gasteiger partial charge on any atom is -0.305 e. The Morgan fingerprint density at radius 3 is 1.34 bits per heavy atom. The first-order valence-corrected chi connectivity index (χ1v) is 16.4. The number of hydrogen-bond donors (Lipinski definition) is 0. The number of hydrogen-bond acceptors (Lipinski definition) is 1. The molecular formula is C47H31FIrN-. The molecule has 0 aliphatic carbocycles. The molecule has 3 heteroatoms. The number of aromatic nitrogens is 1. The summed E-state index contributed by atoms with van der Waals surface area (Å²) in [5.41, 5.74) is 14.5. The van der Waals surface area contributed by atoms with Gasteiger partial charge in [0.1, 0.15) is 5.82 Å². The summed E-state index contributed by atoms with van der Waals surface area (Å²) in [5, 5.41) is 0. The SMILES string of the molecule is Fc1cc(-c2ccc(-c3cc[c-]c(-c4ccccn4)c3)cc2)cc(-c2cccc(-c3cccc(-c4cccc(-c5ccccc5)c4)c3)c2)c1.[Ir]. The summed E-state index contributed by atoms with van der Waals surface area (Å²) in [5.74, 6) is -0.263. The van der Waals surface area contributed by atoms with Crippen molar-refractivity contribution in [2.45, 2.75) is 0 Å². The van der Waals surface area contributed by atoms with Crippen LogP contribution in [-0.2, 0) is 20.1 Å². The van der Waals surface area contributed by atoms with Crippen LogP contribution >= 0.6 is 0 Å².